The summed E-state index contributed by atoms with van der Waals surface area (Å²) in [5.41, 5.74) is 0. The first-order valence-corrected chi connectivity index (χ1v) is 12.0. The van der Waals surface area contributed by atoms with Crippen molar-refractivity contribution in [3.05, 3.63) is 316 Å². The lowest BCUT2D eigenvalue weighted by atomic mass is 11.3. The predicted octanol–water partition coefficient (Wildman–Crippen LogP) is 19.3. The summed E-state index contributed by atoms with van der Waals surface area (Å²) in [4.78, 5) is 0. The van der Waals surface area contributed by atoms with E-state index in [1.807, 2.05) is 0 Å². The highest BCUT2D eigenvalue weighted by atomic mass is 12.8. The van der Waals surface area contributed by atoms with Crippen LogP contribution in [0.1, 0.15) is 0 Å². The number of hydrogen-bond acceptors (Lipinski definition) is 0. The van der Waals surface area contributed by atoms with E-state index in [2.05, 4.69) is 316 Å². The van der Waals surface area contributed by atoms with E-state index in [1.54, 1.807) is 0 Å². The zero-order valence-corrected chi connectivity index (χ0v) is 33.9. The molecule has 0 rings (SSSR count). The Balaban J connectivity index is -0.00000000569. The average Bonchev–Trinajstić information content (AvgIpc) is 3.34. The second-order valence-corrected chi connectivity index (χ2v) is 0. The molecule has 0 aliphatic rings. The van der Waals surface area contributed by atoms with Crippen LogP contribution in [-0.2, 0) is 0 Å². The molecule has 0 aromatic heterocycles. The standard InChI is InChI=1S/24C2H4/c24*1-2/h24*1-2H2. The SMILES string of the molecule is C=C.C=C.C=C.C=C.C=C.C=C.C=C.C=C.C=C.C=C.C=C.C=C.C=C.C=C.C=C.C=C.C=C.C=C.C=C.C=C.C=C.C=C.C=C.C=C. The Morgan fingerprint density at radius 3 is 0.0417 bits per heavy atom. The van der Waals surface area contributed by atoms with Crippen molar-refractivity contribution >= 4 is 0 Å². The molecule has 0 bridgehead atoms. The lowest BCUT2D eigenvalue weighted by Gasteiger charge is -0.813. The highest BCUT2D eigenvalue weighted by Gasteiger charge is 0.647. The van der Waals surface area contributed by atoms with Crippen LogP contribution >= 0.6 is 0 Å². The van der Waals surface area contributed by atoms with E-state index in [1.165, 1.54) is 0 Å². The van der Waals surface area contributed by atoms with Gasteiger partial charge in [0.15, 0.2) is 0 Å². The smallest absolute Gasteiger partial charge is 0.106 e. The van der Waals surface area contributed by atoms with Gasteiger partial charge >= 0.3 is 0 Å². The minimum atomic E-state index is 3.00. The van der Waals surface area contributed by atoms with Crippen molar-refractivity contribution in [1.82, 2.24) is 0 Å². The third-order valence-corrected chi connectivity index (χ3v) is 0. The quantitative estimate of drug-likeness (QED) is 0.225. The molecule has 0 amide bonds. The van der Waals surface area contributed by atoms with E-state index in [9.17, 15) is 0 Å². The second-order valence-electron chi connectivity index (χ2n) is 0. The Bertz CT molecular complexity index is 110. The van der Waals surface area contributed by atoms with Crippen molar-refractivity contribution < 1.29 is 0 Å². The van der Waals surface area contributed by atoms with E-state index < -0.39 is 0 Å². The third-order valence-electron chi connectivity index (χ3n) is 0. The summed E-state index contributed by atoms with van der Waals surface area (Å²) in [5.74, 6) is 0. The van der Waals surface area contributed by atoms with Gasteiger partial charge in [0.1, 0.15) is 0 Å². The monoisotopic (exact) mass is 673 g/mol. The average molecular weight is 673 g/mol. The van der Waals surface area contributed by atoms with Crippen molar-refractivity contribution in [2.75, 3.05) is 0 Å². The molecule has 0 unspecified atom stereocenters. The lowest BCUT2D eigenvalue weighted by molar-refractivity contribution is 2.81. The van der Waals surface area contributed by atoms with Gasteiger partial charge in [-0.05, 0) is 0 Å². The summed E-state index contributed by atoms with van der Waals surface area (Å²) < 4.78 is 0. The molecule has 0 nitrogen and oxygen atoms in total. The van der Waals surface area contributed by atoms with Crippen molar-refractivity contribution in [2.45, 2.75) is 0 Å². The molecule has 48 heavy (non-hydrogen) atoms. The molecule has 0 aromatic carbocycles. The van der Waals surface area contributed by atoms with Gasteiger partial charge in [-0.1, -0.05) is 0 Å². The molecule has 0 N–H and O–H groups in total. The van der Waals surface area contributed by atoms with Crippen LogP contribution in [0.5, 0.6) is 0 Å². The Kier molecular flexibility index (Phi) is 7580. The highest BCUT2D eigenvalue weighted by molar-refractivity contribution is 4.27. The first-order chi connectivity index (χ1) is 24.0. The number of hydrogen-bond donors (Lipinski definition) is 0. The van der Waals surface area contributed by atoms with Crippen molar-refractivity contribution in [3.8, 4) is 0 Å². The van der Waals surface area contributed by atoms with Crippen LogP contribution in [0.2, 0.25) is 0 Å². The van der Waals surface area contributed by atoms with Crippen molar-refractivity contribution in [2.24, 2.45) is 0 Å². The molecule has 0 radical (unpaired) electrons. The molecule has 0 spiro atoms. The van der Waals surface area contributed by atoms with Gasteiger partial charge in [0.25, 0.3) is 0 Å². The molecular formula is C48H96. The van der Waals surface area contributed by atoms with Gasteiger partial charge in [-0.2, -0.15) is 0 Å². The van der Waals surface area contributed by atoms with Crippen LogP contribution in [0, 0.1) is 0 Å². The maximum absolute atomic E-state index is 3.00. The van der Waals surface area contributed by atoms with Crippen molar-refractivity contribution in [1.29, 1.82) is 0 Å². The first kappa shape index (κ1) is 220. The minimum absolute atomic E-state index is 3.00. The molecule has 0 aromatic rings. The normalized spacial score (nSPS) is 2.00. The molecule has 288 valence electrons. The molecular weight excluding hydrogens is 577 g/mol. The molecule has 0 heteroatoms. The third kappa shape index (κ3) is 1530. The first-order valence-electron chi connectivity index (χ1n) is 12.0. The Morgan fingerprint density at radius 1 is 0.0417 bits per heavy atom. The lowest BCUT2D eigenvalue weighted by Crippen LogP contribution is -0.552. The summed E-state index contributed by atoms with van der Waals surface area (Å²) >= 11 is 0. The van der Waals surface area contributed by atoms with Crippen LogP contribution in [0.15, 0.2) is 316 Å². The van der Waals surface area contributed by atoms with Gasteiger partial charge in [-0.15, -0.1) is 316 Å². The fourth-order valence-corrected chi connectivity index (χ4v) is 0. The van der Waals surface area contributed by atoms with E-state index in [0.717, 1.165) is 0 Å². The summed E-state index contributed by atoms with van der Waals surface area (Å²) in [6.45, 7) is 144. The van der Waals surface area contributed by atoms with E-state index in [4.69, 9.17) is 0 Å². The van der Waals surface area contributed by atoms with E-state index >= 15 is 0 Å². The molecule has 0 heterocycles. The molecule has 0 saturated carbocycles. The molecule has 0 fully saturated rings. The molecule has 0 aliphatic carbocycles. The Labute approximate surface area is 314 Å². The maximum Gasteiger partial charge on any atom is -0.106 e. The van der Waals surface area contributed by atoms with Gasteiger partial charge in [0.2, 0.25) is 0 Å². The summed E-state index contributed by atoms with van der Waals surface area (Å²) in [7, 11) is 0. The zero-order chi connectivity index (χ0) is 48.0. The Hall–Kier alpha value is -6.24. The van der Waals surface area contributed by atoms with Crippen LogP contribution in [0.3, 0.4) is 0 Å². The van der Waals surface area contributed by atoms with Gasteiger partial charge < -0.3 is 0 Å². The summed E-state index contributed by atoms with van der Waals surface area (Å²) in [6.07, 6.45) is 0. The van der Waals surface area contributed by atoms with Crippen LogP contribution in [-0.4, -0.2) is 0 Å². The van der Waals surface area contributed by atoms with E-state index in [0.29, 0.717) is 0 Å². The van der Waals surface area contributed by atoms with Crippen molar-refractivity contribution in [3.63, 3.8) is 0 Å². The second kappa shape index (κ2) is 1650. The fourth-order valence-electron chi connectivity index (χ4n) is 0. The van der Waals surface area contributed by atoms with Crippen LogP contribution in [0.4, 0.5) is 0 Å². The maximum atomic E-state index is 3.00. The number of rotatable bonds is 0. The highest BCUT2D eigenvalue weighted by Crippen LogP contribution is 0.908. The zero-order valence-electron chi connectivity index (χ0n) is 33.9. The van der Waals surface area contributed by atoms with Crippen LogP contribution < -0.4 is 0 Å². The largest absolute Gasteiger partial charge is 0.106 e. The van der Waals surface area contributed by atoms with Crippen LogP contribution in [0.25, 0.3) is 0 Å². The summed E-state index contributed by atoms with van der Waals surface area (Å²) in [6, 6.07) is 0. The fraction of sp³-hybridized carbons (Fsp3) is 0. The predicted molar refractivity (Wildman–Crippen MR) is 270 cm³/mol. The minimum Gasteiger partial charge on any atom is -0.106 e. The molecule has 0 atom stereocenters. The Morgan fingerprint density at radius 2 is 0.0417 bits per heavy atom. The summed E-state index contributed by atoms with van der Waals surface area (Å²) in [5, 5.41) is 0. The molecule has 0 aliphatic heterocycles. The molecule has 0 saturated heterocycles. The van der Waals surface area contributed by atoms with Gasteiger partial charge in [0.05, 0.1) is 0 Å². The van der Waals surface area contributed by atoms with Gasteiger partial charge in [0, 0.05) is 0 Å². The topological polar surface area (TPSA) is 0 Å². The van der Waals surface area contributed by atoms with Gasteiger partial charge in [-0.3, -0.25) is 0 Å². The van der Waals surface area contributed by atoms with Gasteiger partial charge in [-0.25, -0.2) is 0 Å². The van der Waals surface area contributed by atoms with E-state index in [-0.39, 0.29) is 0 Å².